The van der Waals surface area contributed by atoms with E-state index in [1.807, 2.05) is 6.92 Å². The number of carbonyl (C=O) groups excluding carboxylic acids is 1. The topological polar surface area (TPSA) is 58.9 Å². The second kappa shape index (κ2) is 2.31. The van der Waals surface area contributed by atoms with Crippen molar-refractivity contribution >= 4 is 5.91 Å². The molecular formula is C7H10N4O. The van der Waals surface area contributed by atoms with Gasteiger partial charge in [-0.15, -0.1) is 0 Å². The summed E-state index contributed by atoms with van der Waals surface area (Å²) >= 11 is 0. The lowest BCUT2D eigenvalue weighted by Crippen LogP contribution is -2.44. The third kappa shape index (κ3) is 0.831. The van der Waals surface area contributed by atoms with Gasteiger partial charge >= 0.3 is 0 Å². The summed E-state index contributed by atoms with van der Waals surface area (Å²) in [4.78, 5) is 11.3. The lowest BCUT2D eigenvalue weighted by Gasteiger charge is -2.20. The number of aromatic nitrogens is 2. The van der Waals surface area contributed by atoms with Crippen LogP contribution in [0.25, 0.3) is 0 Å². The summed E-state index contributed by atoms with van der Waals surface area (Å²) in [5, 5.41) is 4.01. The molecule has 1 aromatic heterocycles. The van der Waals surface area contributed by atoms with E-state index >= 15 is 0 Å². The first kappa shape index (κ1) is 7.30. The van der Waals surface area contributed by atoms with E-state index in [1.165, 1.54) is 0 Å². The van der Waals surface area contributed by atoms with Crippen LogP contribution in [0.2, 0.25) is 0 Å². The van der Waals surface area contributed by atoms with Gasteiger partial charge in [-0.2, -0.15) is 5.10 Å². The molecule has 2 rings (SSSR count). The Labute approximate surface area is 69.7 Å². The minimum absolute atomic E-state index is 0.122. The standard InChI is InChI=1S/C7H10N4O/c1-4-5-3-8-11(2)6(5)7(12)10-9-4/h3-4,9H,1-2H3,(H,10,12). The minimum Gasteiger partial charge on any atom is -0.286 e. The van der Waals surface area contributed by atoms with E-state index in [1.54, 1.807) is 17.9 Å². The van der Waals surface area contributed by atoms with Crippen molar-refractivity contribution in [2.24, 2.45) is 7.05 Å². The summed E-state index contributed by atoms with van der Waals surface area (Å²) in [7, 11) is 1.76. The Balaban J connectivity index is 2.57. The van der Waals surface area contributed by atoms with Crippen LogP contribution in [0.4, 0.5) is 0 Å². The Morgan fingerprint density at radius 2 is 2.42 bits per heavy atom. The van der Waals surface area contributed by atoms with E-state index in [-0.39, 0.29) is 11.9 Å². The van der Waals surface area contributed by atoms with Gasteiger partial charge in [0.2, 0.25) is 0 Å². The Bertz CT molecular complexity index is 330. The van der Waals surface area contributed by atoms with Crippen molar-refractivity contribution in [1.29, 1.82) is 0 Å². The molecule has 0 aromatic carbocycles. The molecule has 5 heteroatoms. The van der Waals surface area contributed by atoms with Crippen LogP contribution in [0.5, 0.6) is 0 Å². The van der Waals surface area contributed by atoms with Crippen molar-refractivity contribution in [2.45, 2.75) is 13.0 Å². The normalized spacial score (nSPS) is 21.8. The van der Waals surface area contributed by atoms with Gasteiger partial charge in [0.15, 0.2) is 0 Å². The fourth-order valence-corrected chi connectivity index (χ4v) is 1.36. The monoisotopic (exact) mass is 166 g/mol. The van der Waals surface area contributed by atoms with Crippen LogP contribution in [0.1, 0.15) is 29.0 Å². The van der Waals surface area contributed by atoms with Crippen molar-refractivity contribution in [3.63, 3.8) is 0 Å². The largest absolute Gasteiger partial charge is 0.286 e. The van der Waals surface area contributed by atoms with Gasteiger partial charge < -0.3 is 0 Å². The fraction of sp³-hybridized carbons (Fsp3) is 0.429. The van der Waals surface area contributed by atoms with Crippen molar-refractivity contribution < 1.29 is 4.79 Å². The second-order valence-electron chi connectivity index (χ2n) is 2.89. The summed E-state index contributed by atoms with van der Waals surface area (Å²) < 4.78 is 1.59. The third-order valence-electron chi connectivity index (χ3n) is 2.05. The number of carbonyl (C=O) groups is 1. The predicted octanol–water partition coefficient (Wildman–Crippen LogP) is -0.271. The second-order valence-corrected chi connectivity index (χ2v) is 2.89. The quantitative estimate of drug-likeness (QED) is 0.557. The molecule has 1 aromatic rings. The van der Waals surface area contributed by atoms with Crippen molar-refractivity contribution in [1.82, 2.24) is 20.6 Å². The predicted molar refractivity (Wildman–Crippen MR) is 42.2 cm³/mol. The third-order valence-corrected chi connectivity index (χ3v) is 2.05. The maximum Gasteiger partial charge on any atom is 0.283 e. The number of hydrazine groups is 1. The van der Waals surface area contributed by atoms with E-state index in [9.17, 15) is 4.79 Å². The van der Waals surface area contributed by atoms with E-state index in [0.717, 1.165) is 5.56 Å². The number of hydrogen-bond donors (Lipinski definition) is 2. The maximum absolute atomic E-state index is 11.3. The van der Waals surface area contributed by atoms with Gasteiger partial charge in [0.25, 0.3) is 5.91 Å². The molecule has 0 fully saturated rings. The van der Waals surface area contributed by atoms with Gasteiger partial charge in [0, 0.05) is 12.6 Å². The highest BCUT2D eigenvalue weighted by molar-refractivity contribution is 5.94. The Morgan fingerprint density at radius 3 is 3.08 bits per heavy atom. The highest BCUT2D eigenvalue weighted by Crippen LogP contribution is 2.18. The molecule has 2 heterocycles. The van der Waals surface area contributed by atoms with Crippen LogP contribution in [0.3, 0.4) is 0 Å². The molecule has 1 aliphatic rings. The number of aryl methyl sites for hydroxylation is 1. The summed E-state index contributed by atoms with van der Waals surface area (Å²) in [5.74, 6) is -0.122. The first-order valence-electron chi connectivity index (χ1n) is 3.78. The maximum atomic E-state index is 11.3. The average Bonchev–Trinajstić information content (AvgIpc) is 2.42. The molecule has 1 unspecified atom stereocenters. The zero-order chi connectivity index (χ0) is 8.72. The van der Waals surface area contributed by atoms with E-state index < -0.39 is 0 Å². The molecule has 64 valence electrons. The summed E-state index contributed by atoms with van der Waals surface area (Å²) in [6.07, 6.45) is 1.71. The van der Waals surface area contributed by atoms with E-state index in [4.69, 9.17) is 0 Å². The molecule has 0 bridgehead atoms. The van der Waals surface area contributed by atoms with Gasteiger partial charge in [0.1, 0.15) is 5.69 Å². The smallest absolute Gasteiger partial charge is 0.283 e. The molecule has 0 spiro atoms. The van der Waals surface area contributed by atoms with Crippen LogP contribution in [-0.4, -0.2) is 15.7 Å². The molecule has 0 saturated heterocycles. The van der Waals surface area contributed by atoms with Crippen molar-refractivity contribution in [3.8, 4) is 0 Å². The summed E-state index contributed by atoms with van der Waals surface area (Å²) in [6, 6.07) is 0.131. The molecule has 2 N–H and O–H groups in total. The van der Waals surface area contributed by atoms with Crippen LogP contribution >= 0.6 is 0 Å². The molecule has 0 radical (unpaired) electrons. The molecule has 0 saturated carbocycles. The van der Waals surface area contributed by atoms with Crippen LogP contribution in [0, 0.1) is 0 Å². The Kier molecular flexibility index (Phi) is 1.41. The molecule has 12 heavy (non-hydrogen) atoms. The van der Waals surface area contributed by atoms with Crippen molar-refractivity contribution in [3.05, 3.63) is 17.5 Å². The number of fused-ring (bicyclic) bond motifs is 1. The lowest BCUT2D eigenvalue weighted by molar-refractivity contribution is 0.0900. The Hall–Kier alpha value is -1.36. The molecule has 1 atom stereocenters. The van der Waals surface area contributed by atoms with Gasteiger partial charge in [-0.05, 0) is 6.92 Å². The van der Waals surface area contributed by atoms with Gasteiger partial charge in [-0.1, -0.05) is 0 Å². The van der Waals surface area contributed by atoms with Crippen LogP contribution in [-0.2, 0) is 7.05 Å². The first-order valence-corrected chi connectivity index (χ1v) is 3.78. The molecule has 1 amide bonds. The fourth-order valence-electron chi connectivity index (χ4n) is 1.36. The van der Waals surface area contributed by atoms with Gasteiger partial charge in [-0.3, -0.25) is 14.9 Å². The zero-order valence-electron chi connectivity index (χ0n) is 6.96. The highest BCUT2D eigenvalue weighted by Gasteiger charge is 2.25. The summed E-state index contributed by atoms with van der Waals surface area (Å²) in [5.41, 5.74) is 7.00. The number of rotatable bonds is 0. The number of nitrogens with one attached hydrogen (secondary N) is 2. The van der Waals surface area contributed by atoms with E-state index in [2.05, 4.69) is 16.0 Å². The van der Waals surface area contributed by atoms with Crippen LogP contribution in [0.15, 0.2) is 6.20 Å². The van der Waals surface area contributed by atoms with Gasteiger partial charge in [-0.25, -0.2) is 5.43 Å². The number of hydrogen-bond acceptors (Lipinski definition) is 3. The number of nitrogens with zero attached hydrogens (tertiary/aromatic N) is 2. The lowest BCUT2D eigenvalue weighted by atomic mass is 10.1. The number of amides is 1. The SMILES string of the molecule is CC1NNC(=O)c2c1cnn2C. The average molecular weight is 166 g/mol. The Morgan fingerprint density at radius 1 is 1.67 bits per heavy atom. The first-order chi connectivity index (χ1) is 5.70. The molecule has 5 nitrogen and oxygen atoms in total. The molecule has 1 aliphatic heterocycles. The molecule has 0 aliphatic carbocycles. The van der Waals surface area contributed by atoms with Gasteiger partial charge in [0.05, 0.1) is 12.2 Å². The molecular weight excluding hydrogens is 156 g/mol. The van der Waals surface area contributed by atoms with Crippen LogP contribution < -0.4 is 10.9 Å². The van der Waals surface area contributed by atoms with Crippen molar-refractivity contribution in [2.75, 3.05) is 0 Å². The minimum atomic E-state index is -0.122. The zero-order valence-corrected chi connectivity index (χ0v) is 6.96. The summed E-state index contributed by atoms with van der Waals surface area (Å²) in [6.45, 7) is 1.97. The highest BCUT2D eigenvalue weighted by atomic mass is 16.2. The van der Waals surface area contributed by atoms with E-state index in [0.29, 0.717) is 5.69 Å².